The molecule has 0 bridgehead atoms. The molecule has 0 atom stereocenters. The van der Waals surface area contributed by atoms with Crippen LogP contribution in [0.1, 0.15) is 0 Å². The van der Waals surface area contributed by atoms with Gasteiger partial charge >= 0.3 is 0 Å². The highest BCUT2D eigenvalue weighted by molar-refractivity contribution is 6.17. The highest BCUT2D eigenvalue weighted by Crippen LogP contribution is 2.46. The summed E-state index contributed by atoms with van der Waals surface area (Å²) in [5, 5.41) is 7.13. The second kappa shape index (κ2) is 12.6. The van der Waals surface area contributed by atoms with Gasteiger partial charge in [-0.25, -0.2) is 0 Å². The van der Waals surface area contributed by atoms with Crippen molar-refractivity contribution in [2.75, 3.05) is 4.90 Å². The Balaban J connectivity index is 1.20. The molecule has 0 saturated heterocycles. The van der Waals surface area contributed by atoms with Gasteiger partial charge in [-0.2, -0.15) is 0 Å². The van der Waals surface area contributed by atoms with Crippen LogP contribution in [0.2, 0.25) is 0 Å². The van der Waals surface area contributed by atoms with Crippen LogP contribution in [0, 0.1) is 0 Å². The van der Waals surface area contributed by atoms with Crippen molar-refractivity contribution in [3.8, 4) is 27.9 Å². The van der Waals surface area contributed by atoms with Gasteiger partial charge in [0.2, 0.25) is 0 Å². The van der Waals surface area contributed by atoms with Gasteiger partial charge in [0.25, 0.3) is 0 Å². The first-order chi connectivity index (χ1) is 27.3. The van der Waals surface area contributed by atoms with Gasteiger partial charge in [0, 0.05) is 44.2 Å². The van der Waals surface area contributed by atoms with Crippen molar-refractivity contribution in [3.05, 3.63) is 206 Å². The van der Waals surface area contributed by atoms with E-state index in [1.807, 2.05) is 12.1 Å². The Morgan fingerprint density at radius 1 is 0.382 bits per heavy atom. The maximum absolute atomic E-state index is 6.30. The van der Waals surface area contributed by atoms with E-state index in [4.69, 9.17) is 4.42 Å². The number of hydrogen-bond acceptors (Lipinski definition) is 2. The summed E-state index contributed by atoms with van der Waals surface area (Å²) in [5.41, 5.74) is 13.2. The minimum Gasteiger partial charge on any atom is -0.456 e. The molecule has 0 aliphatic rings. The lowest BCUT2D eigenvalue weighted by atomic mass is 9.97. The molecule has 0 radical (unpaired) electrons. The predicted octanol–water partition coefficient (Wildman–Crippen LogP) is 14.6. The van der Waals surface area contributed by atoms with Crippen LogP contribution in [0.3, 0.4) is 0 Å². The number of nitrogens with zero attached hydrogens (tertiary/aromatic N) is 2. The minimum atomic E-state index is 0.877. The second-order valence-corrected chi connectivity index (χ2v) is 14.1. The first-order valence-electron chi connectivity index (χ1n) is 18.8. The SMILES string of the molecule is c1ccc(-c2ccccc2N(c2ccc3oc4ccccc4c3c2)c2ccc3c4c(-c5ccc6ccccc6c5)cccc4n(-c4ccccc4)c3c2)cc1. The maximum Gasteiger partial charge on any atom is 0.135 e. The third kappa shape index (κ3) is 5.13. The fraction of sp³-hybridized carbons (Fsp3) is 0. The highest BCUT2D eigenvalue weighted by atomic mass is 16.3. The van der Waals surface area contributed by atoms with Gasteiger partial charge in [0.05, 0.1) is 16.7 Å². The smallest absolute Gasteiger partial charge is 0.135 e. The number of furan rings is 1. The first-order valence-corrected chi connectivity index (χ1v) is 18.8. The number of hydrogen-bond donors (Lipinski definition) is 0. The van der Waals surface area contributed by atoms with Crippen molar-refractivity contribution in [3.63, 3.8) is 0 Å². The van der Waals surface area contributed by atoms with E-state index in [1.165, 1.54) is 38.2 Å². The van der Waals surface area contributed by atoms with E-state index in [2.05, 4.69) is 204 Å². The second-order valence-electron chi connectivity index (χ2n) is 14.1. The van der Waals surface area contributed by atoms with Crippen LogP contribution in [0.25, 0.3) is 82.5 Å². The van der Waals surface area contributed by atoms with Crippen molar-refractivity contribution in [1.29, 1.82) is 0 Å². The largest absolute Gasteiger partial charge is 0.456 e. The molecule has 0 unspecified atom stereocenters. The zero-order chi connectivity index (χ0) is 36.3. The lowest BCUT2D eigenvalue weighted by Gasteiger charge is -2.28. The monoisotopic (exact) mass is 702 g/mol. The van der Waals surface area contributed by atoms with E-state index >= 15 is 0 Å². The summed E-state index contributed by atoms with van der Waals surface area (Å²) >= 11 is 0. The zero-order valence-electron chi connectivity index (χ0n) is 29.9. The topological polar surface area (TPSA) is 21.3 Å². The third-order valence-electron chi connectivity index (χ3n) is 11.0. The van der Waals surface area contributed by atoms with E-state index in [9.17, 15) is 0 Å². The average Bonchev–Trinajstić information content (AvgIpc) is 3.80. The van der Waals surface area contributed by atoms with Crippen LogP contribution in [0.5, 0.6) is 0 Å². The summed E-state index contributed by atoms with van der Waals surface area (Å²) in [6.45, 7) is 0. The van der Waals surface area contributed by atoms with E-state index < -0.39 is 0 Å². The summed E-state index contributed by atoms with van der Waals surface area (Å²) in [6.07, 6.45) is 0. The molecule has 55 heavy (non-hydrogen) atoms. The minimum absolute atomic E-state index is 0.877. The number of para-hydroxylation sites is 3. The lowest BCUT2D eigenvalue weighted by molar-refractivity contribution is 0.669. The molecule has 0 aliphatic carbocycles. The number of anilines is 3. The summed E-state index contributed by atoms with van der Waals surface area (Å²) in [5.74, 6) is 0. The van der Waals surface area contributed by atoms with E-state index in [-0.39, 0.29) is 0 Å². The average molecular weight is 703 g/mol. The summed E-state index contributed by atoms with van der Waals surface area (Å²) < 4.78 is 8.72. The fourth-order valence-corrected chi connectivity index (χ4v) is 8.46. The van der Waals surface area contributed by atoms with Gasteiger partial charge in [-0.15, -0.1) is 0 Å². The molecule has 3 heteroatoms. The van der Waals surface area contributed by atoms with Crippen LogP contribution in [-0.4, -0.2) is 4.57 Å². The molecule has 3 nitrogen and oxygen atoms in total. The van der Waals surface area contributed by atoms with Crippen molar-refractivity contribution < 1.29 is 4.42 Å². The number of fused-ring (bicyclic) bond motifs is 7. The zero-order valence-corrected chi connectivity index (χ0v) is 29.9. The number of rotatable bonds is 6. The van der Waals surface area contributed by atoms with Gasteiger partial charge in [-0.1, -0.05) is 140 Å². The number of benzene rings is 9. The molecule has 11 aromatic rings. The molecule has 0 spiro atoms. The Kier molecular flexibility index (Phi) is 7.17. The van der Waals surface area contributed by atoms with E-state index in [0.717, 1.165) is 61.3 Å². The Hall–Kier alpha value is -7.36. The van der Waals surface area contributed by atoms with Crippen LogP contribution in [0.15, 0.2) is 211 Å². The van der Waals surface area contributed by atoms with Gasteiger partial charge in [0.15, 0.2) is 0 Å². The standard InChI is InChI=1S/C52H34N2O/c1-3-15-36(16-4-1)42-20-9-11-23-47(42)53(40-29-31-51-46(33-40)44-21-10-12-25-50(44)55-51)41-28-30-45-49(34-41)54(39-18-5-2-6-19-39)48-24-13-22-43(52(45)48)38-27-26-35-14-7-8-17-37(35)32-38/h1-34H. The third-order valence-corrected chi connectivity index (χ3v) is 11.0. The number of aromatic nitrogens is 1. The quantitative estimate of drug-likeness (QED) is 0.172. The molecule has 0 saturated carbocycles. The molecule has 2 aromatic heterocycles. The normalized spacial score (nSPS) is 11.6. The molecule has 9 aromatic carbocycles. The lowest BCUT2D eigenvalue weighted by Crippen LogP contribution is -2.11. The highest BCUT2D eigenvalue weighted by Gasteiger charge is 2.22. The van der Waals surface area contributed by atoms with Gasteiger partial charge < -0.3 is 13.9 Å². The molecule has 11 rings (SSSR count). The van der Waals surface area contributed by atoms with Crippen molar-refractivity contribution in [1.82, 2.24) is 4.57 Å². The van der Waals surface area contributed by atoms with Crippen molar-refractivity contribution in [2.24, 2.45) is 0 Å². The summed E-state index contributed by atoms with van der Waals surface area (Å²) in [4.78, 5) is 2.40. The molecule has 0 aliphatic heterocycles. The first kappa shape index (κ1) is 31.2. The van der Waals surface area contributed by atoms with Crippen molar-refractivity contribution >= 4 is 71.6 Å². The van der Waals surface area contributed by atoms with Crippen LogP contribution in [0.4, 0.5) is 17.1 Å². The van der Waals surface area contributed by atoms with E-state index in [0.29, 0.717) is 0 Å². The Morgan fingerprint density at radius 3 is 1.96 bits per heavy atom. The summed E-state index contributed by atoms with van der Waals surface area (Å²) in [7, 11) is 0. The Morgan fingerprint density at radius 2 is 1.07 bits per heavy atom. The molecule has 0 fully saturated rings. The fourth-order valence-electron chi connectivity index (χ4n) is 8.46. The van der Waals surface area contributed by atoms with Crippen molar-refractivity contribution in [2.45, 2.75) is 0 Å². The van der Waals surface area contributed by atoms with Crippen LogP contribution < -0.4 is 4.90 Å². The molecule has 0 N–H and O–H groups in total. The maximum atomic E-state index is 6.30. The predicted molar refractivity (Wildman–Crippen MR) is 231 cm³/mol. The van der Waals surface area contributed by atoms with Crippen LogP contribution >= 0.6 is 0 Å². The molecular weight excluding hydrogens is 669 g/mol. The Bertz CT molecular complexity index is 3210. The molecular formula is C52H34N2O. The molecule has 0 amide bonds. The molecule has 258 valence electrons. The molecule has 2 heterocycles. The Labute approximate surface area is 318 Å². The van der Waals surface area contributed by atoms with Gasteiger partial charge in [-0.3, -0.25) is 0 Å². The summed E-state index contributed by atoms with van der Waals surface area (Å²) in [6, 6.07) is 74.1. The van der Waals surface area contributed by atoms with Crippen LogP contribution in [-0.2, 0) is 0 Å². The van der Waals surface area contributed by atoms with Gasteiger partial charge in [0.1, 0.15) is 11.2 Å². The van der Waals surface area contributed by atoms with Gasteiger partial charge in [-0.05, 0) is 94.2 Å². The van der Waals surface area contributed by atoms with E-state index in [1.54, 1.807) is 0 Å².